The van der Waals surface area contributed by atoms with Crippen molar-refractivity contribution in [2.24, 2.45) is 0 Å². The second-order valence-electron chi connectivity index (χ2n) is 6.16. The fraction of sp³-hybridized carbons (Fsp3) is 0.444. The van der Waals surface area contributed by atoms with Gasteiger partial charge < -0.3 is 10.2 Å². The molecule has 122 valence electrons. The molecule has 3 rings (SSSR count). The van der Waals surface area contributed by atoms with Crippen molar-refractivity contribution >= 4 is 17.3 Å². The molecule has 1 aromatic heterocycles. The van der Waals surface area contributed by atoms with Crippen molar-refractivity contribution in [2.45, 2.75) is 45.7 Å². The van der Waals surface area contributed by atoms with Gasteiger partial charge in [-0.2, -0.15) is 5.10 Å². The lowest BCUT2D eigenvalue weighted by Gasteiger charge is -2.33. The van der Waals surface area contributed by atoms with E-state index in [0.29, 0.717) is 0 Å². The first-order valence-corrected chi connectivity index (χ1v) is 8.34. The van der Waals surface area contributed by atoms with Crippen LogP contribution in [0.3, 0.4) is 0 Å². The number of aromatic nitrogens is 2. The van der Waals surface area contributed by atoms with Crippen LogP contribution in [0.15, 0.2) is 36.7 Å². The van der Waals surface area contributed by atoms with Crippen LogP contribution < -0.4 is 10.2 Å². The van der Waals surface area contributed by atoms with Gasteiger partial charge in [-0.3, -0.25) is 9.48 Å². The summed E-state index contributed by atoms with van der Waals surface area (Å²) in [4.78, 5) is 14.7. The number of nitrogens with one attached hydrogen (secondary N) is 1. The molecule has 0 aliphatic carbocycles. The summed E-state index contributed by atoms with van der Waals surface area (Å²) in [6.07, 6.45) is 6.68. The molecule has 0 radical (unpaired) electrons. The average molecular weight is 312 g/mol. The van der Waals surface area contributed by atoms with Gasteiger partial charge in [0.2, 0.25) is 5.91 Å². The van der Waals surface area contributed by atoms with Crippen molar-refractivity contribution in [1.82, 2.24) is 9.78 Å². The average Bonchev–Trinajstić information content (AvgIpc) is 2.98. The molecule has 1 atom stereocenters. The molecule has 1 unspecified atom stereocenters. The molecule has 0 bridgehead atoms. The number of piperidine rings is 1. The molecule has 0 spiro atoms. The smallest absolute Gasteiger partial charge is 0.249 e. The third-order valence-electron chi connectivity index (χ3n) is 4.21. The molecule has 1 fully saturated rings. The Bertz CT molecular complexity index is 662. The number of hydrogen-bond donors (Lipinski definition) is 1. The number of amides is 1. The molecule has 23 heavy (non-hydrogen) atoms. The van der Waals surface area contributed by atoms with Crippen molar-refractivity contribution in [3.63, 3.8) is 0 Å². The molecule has 2 heterocycles. The van der Waals surface area contributed by atoms with E-state index < -0.39 is 0 Å². The normalized spacial score (nSPS) is 18.3. The number of aryl methyl sites for hydroxylation is 2. The maximum absolute atomic E-state index is 12.8. The van der Waals surface area contributed by atoms with Crippen molar-refractivity contribution in [2.75, 3.05) is 16.8 Å². The Kier molecular flexibility index (Phi) is 4.65. The van der Waals surface area contributed by atoms with Gasteiger partial charge in [0.25, 0.3) is 0 Å². The first kappa shape index (κ1) is 15.6. The van der Waals surface area contributed by atoms with E-state index in [0.717, 1.165) is 43.7 Å². The van der Waals surface area contributed by atoms with Crippen LogP contribution in [0.5, 0.6) is 0 Å². The summed E-state index contributed by atoms with van der Waals surface area (Å²) >= 11 is 0. The van der Waals surface area contributed by atoms with Crippen LogP contribution in [0.2, 0.25) is 0 Å². The van der Waals surface area contributed by atoms with Gasteiger partial charge in [0.1, 0.15) is 6.04 Å². The maximum Gasteiger partial charge on any atom is 0.249 e. The van der Waals surface area contributed by atoms with E-state index in [1.165, 1.54) is 5.56 Å². The summed E-state index contributed by atoms with van der Waals surface area (Å²) in [6, 6.07) is 7.97. The molecule has 0 saturated carbocycles. The van der Waals surface area contributed by atoms with E-state index in [9.17, 15) is 4.79 Å². The van der Waals surface area contributed by atoms with Gasteiger partial charge in [0.15, 0.2) is 0 Å². The Morgan fingerprint density at radius 2 is 2.09 bits per heavy atom. The molecule has 5 nitrogen and oxygen atoms in total. The molecule has 1 N–H and O–H groups in total. The Hall–Kier alpha value is -2.30. The lowest BCUT2D eigenvalue weighted by Crippen LogP contribution is -2.47. The van der Waals surface area contributed by atoms with Crippen LogP contribution in [0, 0.1) is 6.92 Å². The topological polar surface area (TPSA) is 50.2 Å². The van der Waals surface area contributed by atoms with E-state index in [1.807, 2.05) is 27.9 Å². The zero-order valence-electron chi connectivity index (χ0n) is 13.8. The van der Waals surface area contributed by atoms with Gasteiger partial charge in [-0.15, -0.1) is 0 Å². The van der Waals surface area contributed by atoms with E-state index in [4.69, 9.17) is 0 Å². The summed E-state index contributed by atoms with van der Waals surface area (Å²) in [5.41, 5.74) is 3.10. The van der Waals surface area contributed by atoms with E-state index >= 15 is 0 Å². The highest BCUT2D eigenvalue weighted by Crippen LogP contribution is 2.23. The fourth-order valence-corrected chi connectivity index (χ4v) is 2.98. The van der Waals surface area contributed by atoms with E-state index in [-0.39, 0.29) is 11.9 Å². The van der Waals surface area contributed by atoms with Crippen LogP contribution in [-0.4, -0.2) is 28.3 Å². The van der Waals surface area contributed by atoms with Gasteiger partial charge in [-0.25, -0.2) is 0 Å². The molecule has 2 aromatic rings. The highest BCUT2D eigenvalue weighted by Gasteiger charge is 2.29. The number of anilines is 2. The van der Waals surface area contributed by atoms with Crippen molar-refractivity contribution in [3.05, 3.63) is 42.2 Å². The predicted molar refractivity (Wildman–Crippen MR) is 92.7 cm³/mol. The summed E-state index contributed by atoms with van der Waals surface area (Å²) in [5, 5.41) is 7.66. The summed E-state index contributed by atoms with van der Waals surface area (Å²) in [7, 11) is 0. The Labute approximate surface area is 137 Å². The van der Waals surface area contributed by atoms with Crippen LogP contribution in [0.25, 0.3) is 0 Å². The number of nitrogens with zero attached hydrogens (tertiary/aromatic N) is 3. The highest BCUT2D eigenvalue weighted by atomic mass is 16.2. The van der Waals surface area contributed by atoms with E-state index in [2.05, 4.69) is 36.4 Å². The van der Waals surface area contributed by atoms with Crippen LogP contribution in [0.4, 0.5) is 11.4 Å². The molecule has 1 aliphatic rings. The zero-order chi connectivity index (χ0) is 16.2. The van der Waals surface area contributed by atoms with Crippen molar-refractivity contribution < 1.29 is 4.79 Å². The lowest BCUT2D eigenvalue weighted by atomic mass is 10.0. The van der Waals surface area contributed by atoms with Gasteiger partial charge in [0.05, 0.1) is 11.9 Å². The van der Waals surface area contributed by atoms with Crippen LogP contribution in [0.1, 0.15) is 31.7 Å². The van der Waals surface area contributed by atoms with Crippen LogP contribution in [-0.2, 0) is 11.3 Å². The molecule has 1 aromatic carbocycles. The maximum atomic E-state index is 12.8. The molecule has 5 heteroatoms. The molecule has 1 aliphatic heterocycles. The summed E-state index contributed by atoms with van der Waals surface area (Å²) < 4.78 is 1.91. The number of rotatable bonds is 5. The Morgan fingerprint density at radius 1 is 1.30 bits per heavy atom. The van der Waals surface area contributed by atoms with Crippen molar-refractivity contribution in [1.29, 1.82) is 0 Å². The van der Waals surface area contributed by atoms with Gasteiger partial charge >= 0.3 is 0 Å². The third-order valence-corrected chi connectivity index (χ3v) is 4.21. The van der Waals surface area contributed by atoms with Gasteiger partial charge in [-0.1, -0.05) is 24.6 Å². The minimum Gasteiger partial charge on any atom is -0.371 e. The predicted octanol–water partition coefficient (Wildman–Crippen LogP) is 3.21. The van der Waals surface area contributed by atoms with Crippen molar-refractivity contribution in [3.8, 4) is 0 Å². The number of carbonyl (C=O) groups excluding carboxylic acids is 1. The largest absolute Gasteiger partial charge is 0.371 e. The highest BCUT2D eigenvalue weighted by molar-refractivity contribution is 5.99. The standard InChI is InChI=1S/C18H24N4O/c1-3-10-21-13-15(12-19-21)20-17-5-4-11-22(18(17)23)16-8-6-14(2)7-9-16/h6-9,12-13,17,20H,3-5,10-11H2,1-2H3. The van der Waals surface area contributed by atoms with Gasteiger partial charge in [0, 0.05) is 25.0 Å². The molecule has 1 saturated heterocycles. The summed E-state index contributed by atoms with van der Waals surface area (Å²) in [5.74, 6) is 0.142. The third kappa shape index (κ3) is 3.55. The lowest BCUT2D eigenvalue weighted by molar-refractivity contribution is -0.120. The van der Waals surface area contributed by atoms with Crippen LogP contribution >= 0.6 is 0 Å². The quantitative estimate of drug-likeness (QED) is 0.922. The van der Waals surface area contributed by atoms with E-state index in [1.54, 1.807) is 6.20 Å². The SMILES string of the molecule is CCCn1cc(NC2CCCN(c3ccc(C)cc3)C2=O)cn1. The minimum absolute atomic E-state index is 0.142. The molecular weight excluding hydrogens is 288 g/mol. The monoisotopic (exact) mass is 312 g/mol. The second kappa shape index (κ2) is 6.86. The first-order chi connectivity index (χ1) is 11.2. The number of carbonyl (C=O) groups is 1. The molecule has 1 amide bonds. The number of hydrogen-bond acceptors (Lipinski definition) is 3. The minimum atomic E-state index is -0.177. The fourth-order valence-electron chi connectivity index (χ4n) is 2.98. The number of benzene rings is 1. The Morgan fingerprint density at radius 3 is 2.83 bits per heavy atom. The summed E-state index contributed by atoms with van der Waals surface area (Å²) in [6.45, 7) is 5.87. The first-order valence-electron chi connectivity index (χ1n) is 8.34. The second-order valence-corrected chi connectivity index (χ2v) is 6.16. The molecular formula is C18H24N4O. The Balaban J connectivity index is 1.70. The van der Waals surface area contributed by atoms with Gasteiger partial charge in [-0.05, 0) is 38.3 Å². The zero-order valence-corrected chi connectivity index (χ0v) is 13.8.